The number of hydrogen-bond donors (Lipinski definition) is 2. The number of carboxylic acids is 1. The van der Waals surface area contributed by atoms with Gasteiger partial charge in [0.25, 0.3) is 0 Å². The average Bonchev–Trinajstić information content (AvgIpc) is 2.05. The minimum atomic E-state index is -2.47. The van der Waals surface area contributed by atoms with Crippen LogP contribution in [0.3, 0.4) is 0 Å². The molecule has 0 aromatic carbocycles. The summed E-state index contributed by atoms with van der Waals surface area (Å²) in [4.78, 5) is 17.5. The molecule has 0 fully saturated rings. The van der Waals surface area contributed by atoms with Crippen LogP contribution in [0.1, 0.15) is 6.92 Å². The third-order valence-electron chi connectivity index (χ3n) is 0.707. The van der Waals surface area contributed by atoms with Crippen LogP contribution in [0.5, 0.6) is 0 Å². The fraction of sp³-hybridized carbons (Fsp3) is 0.125. The first-order chi connectivity index (χ1) is 6.54. The van der Waals surface area contributed by atoms with Crippen molar-refractivity contribution in [2.75, 3.05) is 0 Å². The van der Waals surface area contributed by atoms with Gasteiger partial charge < -0.3 is 5.11 Å². The van der Waals surface area contributed by atoms with Gasteiger partial charge in [-0.15, -0.1) is 4.89 Å². The first-order valence-electron chi connectivity index (χ1n) is 3.50. The van der Waals surface area contributed by atoms with E-state index >= 15 is 0 Å². The minimum absolute atomic E-state index is 0.914. The van der Waals surface area contributed by atoms with E-state index in [1.807, 2.05) is 6.92 Å². The van der Waals surface area contributed by atoms with Gasteiger partial charge in [-0.3, -0.25) is 0 Å². The maximum absolute atomic E-state index is 9.75. The van der Waals surface area contributed by atoms with E-state index < -0.39 is 14.2 Å². The van der Waals surface area contributed by atoms with Gasteiger partial charge in [-0.25, -0.2) is 9.32 Å². The SMILES string of the molecule is C/C=C/C=C/C(=O)O.C=CO[P+](=O)O. The van der Waals surface area contributed by atoms with Crippen LogP contribution in [-0.2, 0) is 13.9 Å². The molecule has 0 spiro atoms. The zero-order valence-electron chi connectivity index (χ0n) is 7.66. The first kappa shape index (κ1) is 15.0. The van der Waals surface area contributed by atoms with Gasteiger partial charge >= 0.3 is 14.2 Å². The van der Waals surface area contributed by atoms with E-state index in [2.05, 4.69) is 11.1 Å². The van der Waals surface area contributed by atoms with Crippen molar-refractivity contribution >= 4 is 14.2 Å². The van der Waals surface area contributed by atoms with E-state index in [9.17, 15) is 9.36 Å². The van der Waals surface area contributed by atoms with Crippen LogP contribution in [0.2, 0.25) is 0 Å². The molecule has 0 rings (SSSR count). The highest BCUT2D eigenvalue weighted by Crippen LogP contribution is 2.12. The molecule has 1 atom stereocenters. The fourth-order valence-corrected chi connectivity index (χ4v) is 0.440. The lowest BCUT2D eigenvalue weighted by Crippen LogP contribution is -1.83. The summed E-state index contributed by atoms with van der Waals surface area (Å²) in [6, 6.07) is 0. The Kier molecular flexibility index (Phi) is 12.4. The van der Waals surface area contributed by atoms with Crippen molar-refractivity contribution in [3.8, 4) is 0 Å². The summed E-state index contributed by atoms with van der Waals surface area (Å²) in [7, 11) is -2.47. The Balaban J connectivity index is 0. The topological polar surface area (TPSA) is 83.8 Å². The maximum atomic E-state index is 9.75. The normalized spacial score (nSPS) is 10.6. The summed E-state index contributed by atoms with van der Waals surface area (Å²) >= 11 is 0. The molecule has 0 aliphatic carbocycles. The van der Waals surface area contributed by atoms with Crippen LogP contribution in [0.4, 0.5) is 0 Å². The Hall–Kier alpha value is -1.45. The Morgan fingerprint density at radius 1 is 1.50 bits per heavy atom. The Morgan fingerprint density at radius 3 is 2.29 bits per heavy atom. The Morgan fingerprint density at radius 2 is 2.07 bits per heavy atom. The van der Waals surface area contributed by atoms with E-state index in [4.69, 9.17) is 10.00 Å². The van der Waals surface area contributed by atoms with Crippen LogP contribution in [-0.4, -0.2) is 16.0 Å². The van der Waals surface area contributed by atoms with Gasteiger partial charge in [0, 0.05) is 10.6 Å². The van der Waals surface area contributed by atoms with Gasteiger partial charge in [0.2, 0.25) is 0 Å². The molecule has 0 aliphatic heterocycles. The van der Waals surface area contributed by atoms with Crippen molar-refractivity contribution in [3.63, 3.8) is 0 Å². The maximum Gasteiger partial charge on any atom is 0.746 e. The molecule has 0 aliphatic rings. The first-order valence-corrected chi connectivity index (χ1v) is 4.63. The zero-order valence-corrected chi connectivity index (χ0v) is 8.55. The molecule has 0 bridgehead atoms. The molecule has 0 aromatic heterocycles. The van der Waals surface area contributed by atoms with Crippen molar-refractivity contribution < 1.29 is 23.9 Å². The highest BCUT2D eigenvalue weighted by atomic mass is 31.1. The molecule has 14 heavy (non-hydrogen) atoms. The zero-order chi connectivity index (χ0) is 11.4. The van der Waals surface area contributed by atoms with Crippen LogP contribution >= 0.6 is 8.25 Å². The van der Waals surface area contributed by atoms with Crippen molar-refractivity contribution in [3.05, 3.63) is 37.1 Å². The molecular weight excluding hydrogens is 207 g/mol. The Bertz CT molecular complexity index is 244. The lowest BCUT2D eigenvalue weighted by molar-refractivity contribution is -0.131. The molecule has 2 N–H and O–H groups in total. The van der Waals surface area contributed by atoms with E-state index in [0.717, 1.165) is 12.3 Å². The second kappa shape index (κ2) is 11.6. The highest BCUT2D eigenvalue weighted by molar-refractivity contribution is 7.32. The van der Waals surface area contributed by atoms with Crippen molar-refractivity contribution in [2.24, 2.45) is 0 Å². The number of aliphatic carboxylic acids is 1. The molecule has 0 amide bonds. The van der Waals surface area contributed by atoms with Crippen LogP contribution in [0, 0.1) is 0 Å². The van der Waals surface area contributed by atoms with Crippen LogP contribution < -0.4 is 0 Å². The summed E-state index contributed by atoms with van der Waals surface area (Å²) in [6.45, 7) is 4.86. The third kappa shape index (κ3) is 22.4. The average molecular weight is 219 g/mol. The van der Waals surface area contributed by atoms with Gasteiger partial charge in [-0.1, -0.05) is 24.8 Å². The van der Waals surface area contributed by atoms with E-state index in [0.29, 0.717) is 0 Å². The quantitative estimate of drug-likeness (QED) is 0.327. The monoisotopic (exact) mass is 219 g/mol. The molecule has 0 radical (unpaired) electrons. The molecule has 0 aromatic rings. The summed E-state index contributed by atoms with van der Waals surface area (Å²) in [5.41, 5.74) is 0. The predicted molar refractivity (Wildman–Crippen MR) is 52.7 cm³/mol. The summed E-state index contributed by atoms with van der Waals surface area (Å²) < 4.78 is 13.3. The van der Waals surface area contributed by atoms with E-state index in [1.54, 1.807) is 12.2 Å². The Labute approximate surface area is 83.0 Å². The third-order valence-corrected chi connectivity index (χ3v) is 1.04. The molecule has 0 heterocycles. The molecular formula is C8H12O5P+. The molecule has 6 heteroatoms. The number of carboxylic acid groups (broad SMARTS) is 1. The highest BCUT2D eigenvalue weighted by Gasteiger charge is 2.05. The van der Waals surface area contributed by atoms with Crippen molar-refractivity contribution in [1.82, 2.24) is 0 Å². The van der Waals surface area contributed by atoms with E-state index in [-0.39, 0.29) is 0 Å². The second-order valence-electron chi connectivity index (χ2n) is 1.73. The molecule has 0 saturated heterocycles. The van der Waals surface area contributed by atoms with Gasteiger partial charge in [0.05, 0.1) is 0 Å². The summed E-state index contributed by atoms with van der Waals surface area (Å²) in [5.74, 6) is -0.914. The smallest absolute Gasteiger partial charge is 0.478 e. The largest absolute Gasteiger partial charge is 0.746 e. The van der Waals surface area contributed by atoms with Crippen molar-refractivity contribution in [1.29, 1.82) is 0 Å². The number of allylic oxidation sites excluding steroid dienone is 3. The second-order valence-corrected chi connectivity index (χ2v) is 2.42. The van der Waals surface area contributed by atoms with Crippen molar-refractivity contribution in [2.45, 2.75) is 6.92 Å². The molecule has 78 valence electrons. The van der Waals surface area contributed by atoms with Crippen LogP contribution in [0.25, 0.3) is 0 Å². The standard InChI is InChI=1S/C6H8O2.C2H3O3P/c1-2-3-4-5-6(7)8;1-2-5-6(3)4/h2-5H,1H3,(H,7,8);2H,1H2/p+1/b3-2+,5-4+;. The number of rotatable bonds is 4. The molecule has 5 nitrogen and oxygen atoms in total. The van der Waals surface area contributed by atoms with E-state index in [1.165, 1.54) is 6.08 Å². The van der Waals surface area contributed by atoms with Gasteiger partial charge in [-0.2, -0.15) is 0 Å². The predicted octanol–water partition coefficient (Wildman–Crippen LogP) is 2.00. The summed E-state index contributed by atoms with van der Waals surface area (Å²) in [6.07, 6.45) is 6.90. The fourth-order valence-electron chi connectivity index (χ4n) is 0.313. The minimum Gasteiger partial charge on any atom is -0.478 e. The van der Waals surface area contributed by atoms with Crippen LogP contribution in [0.15, 0.2) is 37.1 Å². The number of hydrogen-bond acceptors (Lipinski definition) is 3. The summed E-state index contributed by atoms with van der Waals surface area (Å²) in [5, 5.41) is 8.02. The lowest BCUT2D eigenvalue weighted by Gasteiger charge is -1.72. The van der Waals surface area contributed by atoms with Gasteiger partial charge in [-0.05, 0) is 6.92 Å². The van der Waals surface area contributed by atoms with Gasteiger partial charge in [0.15, 0.2) is 0 Å². The number of carbonyl (C=O) groups is 1. The molecule has 0 saturated carbocycles. The van der Waals surface area contributed by atoms with Gasteiger partial charge in [0.1, 0.15) is 6.26 Å². The lowest BCUT2D eigenvalue weighted by atomic mass is 10.4. The molecule has 1 unspecified atom stereocenters.